The third kappa shape index (κ3) is 3.00. The van der Waals surface area contributed by atoms with Crippen molar-refractivity contribution in [3.63, 3.8) is 0 Å². The van der Waals surface area contributed by atoms with Crippen LogP contribution in [0.3, 0.4) is 0 Å². The van der Waals surface area contributed by atoms with Crippen LogP contribution >= 0.6 is 11.6 Å². The minimum Gasteiger partial charge on any atom is -0.496 e. The zero-order valence-corrected chi connectivity index (χ0v) is 15.7. The zero-order chi connectivity index (χ0) is 19.0. The van der Waals surface area contributed by atoms with Crippen LogP contribution in [-0.4, -0.2) is 7.11 Å². The van der Waals surface area contributed by atoms with Crippen LogP contribution in [0.1, 0.15) is 5.56 Å². The van der Waals surface area contributed by atoms with E-state index in [1.807, 2.05) is 55.5 Å². The Hall–Kier alpha value is -3.04. The number of rotatable bonds is 3. The van der Waals surface area contributed by atoms with E-state index in [4.69, 9.17) is 20.8 Å². The molecule has 4 heteroatoms. The van der Waals surface area contributed by atoms with Crippen molar-refractivity contribution in [3.05, 3.63) is 87.5 Å². The maximum Gasteiger partial charge on any atom is 0.204 e. The summed E-state index contributed by atoms with van der Waals surface area (Å²) in [5.41, 5.74) is 3.37. The van der Waals surface area contributed by atoms with Gasteiger partial charge in [-0.05, 0) is 36.2 Å². The fraction of sp³-hybridized carbons (Fsp3) is 0.0870. The van der Waals surface area contributed by atoms with Gasteiger partial charge in [-0.2, -0.15) is 0 Å². The van der Waals surface area contributed by atoms with Gasteiger partial charge in [-0.3, -0.25) is 4.79 Å². The van der Waals surface area contributed by atoms with Crippen LogP contribution in [0.2, 0.25) is 5.02 Å². The summed E-state index contributed by atoms with van der Waals surface area (Å²) in [5.74, 6) is 1.03. The molecule has 27 heavy (non-hydrogen) atoms. The van der Waals surface area contributed by atoms with Crippen molar-refractivity contribution in [2.45, 2.75) is 6.92 Å². The second-order valence-electron chi connectivity index (χ2n) is 6.30. The summed E-state index contributed by atoms with van der Waals surface area (Å²) in [5, 5.41) is 1.06. The van der Waals surface area contributed by atoms with Gasteiger partial charge in [0.2, 0.25) is 5.43 Å². The molecule has 4 aromatic rings. The molecular formula is C23H17ClO3. The van der Waals surface area contributed by atoms with Gasteiger partial charge in [0.15, 0.2) is 0 Å². The van der Waals surface area contributed by atoms with Gasteiger partial charge in [-0.1, -0.05) is 60.1 Å². The van der Waals surface area contributed by atoms with Gasteiger partial charge in [0.25, 0.3) is 0 Å². The van der Waals surface area contributed by atoms with Crippen molar-refractivity contribution < 1.29 is 9.15 Å². The molecule has 0 bridgehead atoms. The van der Waals surface area contributed by atoms with Crippen LogP contribution in [0, 0.1) is 6.92 Å². The highest BCUT2D eigenvalue weighted by Gasteiger charge is 2.21. The Labute approximate surface area is 161 Å². The first-order valence-electron chi connectivity index (χ1n) is 8.56. The monoisotopic (exact) mass is 376 g/mol. The molecule has 0 fully saturated rings. The minimum atomic E-state index is -0.127. The highest BCUT2D eigenvalue weighted by molar-refractivity contribution is 6.30. The van der Waals surface area contributed by atoms with Crippen LogP contribution in [0.25, 0.3) is 33.4 Å². The SMILES string of the molecule is COc1ccc(C)c2oc(-c3ccccc3)c(-c3ccc(Cl)cc3)c(=O)c12. The Balaban J connectivity index is 2.17. The highest BCUT2D eigenvalue weighted by atomic mass is 35.5. The van der Waals surface area contributed by atoms with E-state index in [1.165, 1.54) is 0 Å². The van der Waals surface area contributed by atoms with Gasteiger partial charge in [0.1, 0.15) is 22.5 Å². The summed E-state index contributed by atoms with van der Waals surface area (Å²) in [4.78, 5) is 13.6. The number of hydrogen-bond donors (Lipinski definition) is 0. The molecule has 0 radical (unpaired) electrons. The lowest BCUT2D eigenvalue weighted by molar-refractivity contribution is 0.418. The first-order chi connectivity index (χ1) is 13.1. The smallest absolute Gasteiger partial charge is 0.204 e. The molecule has 0 aliphatic heterocycles. The van der Waals surface area contributed by atoms with Crippen molar-refractivity contribution in [3.8, 4) is 28.2 Å². The number of halogens is 1. The number of benzene rings is 3. The molecule has 0 aliphatic carbocycles. The molecule has 134 valence electrons. The molecule has 0 amide bonds. The van der Waals surface area contributed by atoms with Crippen molar-refractivity contribution >= 4 is 22.6 Å². The number of fused-ring (bicyclic) bond motifs is 1. The lowest BCUT2D eigenvalue weighted by Crippen LogP contribution is -2.09. The van der Waals surface area contributed by atoms with E-state index in [0.717, 1.165) is 16.7 Å². The van der Waals surface area contributed by atoms with Gasteiger partial charge in [0.05, 0.1) is 12.7 Å². The van der Waals surface area contributed by atoms with E-state index in [9.17, 15) is 4.79 Å². The number of methoxy groups -OCH3 is 1. The molecule has 1 heterocycles. The van der Waals surface area contributed by atoms with E-state index in [0.29, 0.717) is 33.1 Å². The largest absolute Gasteiger partial charge is 0.496 e. The summed E-state index contributed by atoms with van der Waals surface area (Å²) in [6.07, 6.45) is 0. The third-order valence-electron chi connectivity index (χ3n) is 4.59. The summed E-state index contributed by atoms with van der Waals surface area (Å²) in [6.45, 7) is 1.92. The van der Waals surface area contributed by atoms with Gasteiger partial charge in [-0.15, -0.1) is 0 Å². The molecule has 0 aliphatic rings. The molecule has 0 atom stereocenters. The summed E-state index contributed by atoms with van der Waals surface area (Å²) < 4.78 is 11.7. The first kappa shape index (κ1) is 17.4. The summed E-state index contributed by atoms with van der Waals surface area (Å²) in [7, 11) is 1.55. The Bertz CT molecular complexity index is 1180. The van der Waals surface area contributed by atoms with E-state index >= 15 is 0 Å². The Morgan fingerprint density at radius 1 is 0.889 bits per heavy atom. The molecule has 3 aromatic carbocycles. The van der Waals surface area contributed by atoms with Gasteiger partial charge in [0, 0.05) is 10.6 Å². The quantitative estimate of drug-likeness (QED) is 0.434. The van der Waals surface area contributed by atoms with Crippen molar-refractivity contribution in [2.75, 3.05) is 7.11 Å². The Kier molecular flexibility index (Phi) is 4.46. The molecular weight excluding hydrogens is 360 g/mol. The maximum absolute atomic E-state index is 13.6. The zero-order valence-electron chi connectivity index (χ0n) is 15.0. The predicted octanol–water partition coefficient (Wildman–Crippen LogP) is 6.10. The van der Waals surface area contributed by atoms with Gasteiger partial charge < -0.3 is 9.15 Å². The number of ether oxygens (including phenoxy) is 1. The van der Waals surface area contributed by atoms with Crippen LogP contribution in [0.4, 0.5) is 0 Å². The van der Waals surface area contributed by atoms with E-state index < -0.39 is 0 Å². The maximum atomic E-state index is 13.6. The molecule has 0 N–H and O–H groups in total. The van der Waals surface area contributed by atoms with Crippen LogP contribution < -0.4 is 10.2 Å². The predicted molar refractivity (Wildman–Crippen MR) is 110 cm³/mol. The molecule has 0 saturated heterocycles. The van der Waals surface area contributed by atoms with Crippen molar-refractivity contribution in [2.24, 2.45) is 0 Å². The van der Waals surface area contributed by atoms with Crippen molar-refractivity contribution in [1.82, 2.24) is 0 Å². The fourth-order valence-electron chi connectivity index (χ4n) is 3.24. The second-order valence-corrected chi connectivity index (χ2v) is 6.73. The second kappa shape index (κ2) is 6.93. The van der Waals surface area contributed by atoms with Gasteiger partial charge in [-0.25, -0.2) is 0 Å². The normalized spacial score (nSPS) is 10.9. The molecule has 4 rings (SSSR count). The first-order valence-corrected chi connectivity index (χ1v) is 8.93. The van der Waals surface area contributed by atoms with Crippen LogP contribution in [-0.2, 0) is 0 Å². The van der Waals surface area contributed by atoms with E-state index in [1.54, 1.807) is 25.3 Å². The molecule has 1 aromatic heterocycles. The molecule has 0 spiro atoms. The molecule has 0 unspecified atom stereocenters. The van der Waals surface area contributed by atoms with Crippen LogP contribution in [0.5, 0.6) is 5.75 Å². The number of aryl methyl sites for hydroxylation is 1. The molecule has 0 saturated carbocycles. The summed E-state index contributed by atoms with van der Waals surface area (Å²) >= 11 is 6.04. The standard InChI is InChI=1S/C23H17ClO3/c1-14-8-13-18(26-2)20-21(25)19(15-9-11-17(24)12-10-15)23(27-22(14)20)16-6-4-3-5-7-16/h3-13H,1-2H3. The summed E-state index contributed by atoms with van der Waals surface area (Å²) in [6, 6.07) is 20.5. The van der Waals surface area contributed by atoms with Gasteiger partial charge >= 0.3 is 0 Å². The molecule has 3 nitrogen and oxygen atoms in total. The number of hydrogen-bond acceptors (Lipinski definition) is 3. The van der Waals surface area contributed by atoms with Crippen molar-refractivity contribution in [1.29, 1.82) is 0 Å². The topological polar surface area (TPSA) is 39.4 Å². The Morgan fingerprint density at radius 3 is 2.26 bits per heavy atom. The fourth-order valence-corrected chi connectivity index (χ4v) is 3.36. The average Bonchev–Trinajstić information content (AvgIpc) is 2.70. The Morgan fingerprint density at radius 2 is 1.59 bits per heavy atom. The van der Waals surface area contributed by atoms with E-state index in [2.05, 4.69) is 0 Å². The minimum absolute atomic E-state index is 0.127. The lowest BCUT2D eigenvalue weighted by atomic mass is 9.97. The van der Waals surface area contributed by atoms with Crippen LogP contribution in [0.15, 0.2) is 75.9 Å². The third-order valence-corrected chi connectivity index (χ3v) is 4.84. The highest BCUT2D eigenvalue weighted by Crippen LogP contribution is 2.36. The lowest BCUT2D eigenvalue weighted by Gasteiger charge is -2.13. The van der Waals surface area contributed by atoms with E-state index in [-0.39, 0.29) is 5.43 Å². The average molecular weight is 377 g/mol.